The number of aryl methyl sites for hydroxylation is 1. The number of hydrogen-bond donors (Lipinski definition) is 0. The first-order valence-corrected chi connectivity index (χ1v) is 8.37. The monoisotopic (exact) mass is 297 g/mol. The molecule has 0 aliphatic heterocycles. The molecular weight excluding hydrogens is 282 g/mol. The number of benzene rings is 2. The Bertz CT molecular complexity index is 672. The van der Waals surface area contributed by atoms with Crippen molar-refractivity contribution in [3.05, 3.63) is 70.7 Å². The van der Waals surface area contributed by atoms with E-state index in [4.69, 9.17) is 0 Å². The molecule has 0 aliphatic rings. The Hall–Kier alpha value is -1.58. The minimum atomic E-state index is 0.940. The Morgan fingerprint density at radius 3 is 2.30 bits per heavy atom. The van der Waals surface area contributed by atoms with Crippen LogP contribution in [0.2, 0.25) is 0 Å². The van der Waals surface area contributed by atoms with Gasteiger partial charge in [-0.1, -0.05) is 42.5 Å². The van der Waals surface area contributed by atoms with Gasteiger partial charge in [-0.25, -0.2) is 4.98 Å². The van der Waals surface area contributed by atoms with Crippen molar-refractivity contribution < 1.29 is 0 Å². The second-order valence-corrected chi connectivity index (χ2v) is 6.65. The summed E-state index contributed by atoms with van der Waals surface area (Å²) in [6.07, 6.45) is 0. The fourth-order valence-electron chi connectivity index (χ4n) is 2.01. The van der Waals surface area contributed by atoms with Gasteiger partial charge in [-0.3, -0.25) is 0 Å². The first-order chi connectivity index (χ1) is 9.81. The summed E-state index contributed by atoms with van der Waals surface area (Å²) in [5.74, 6) is 0.940. The molecular formula is C17H15NS2. The minimum Gasteiger partial charge on any atom is -0.246 e. The molecule has 0 radical (unpaired) electrons. The fourth-order valence-corrected chi connectivity index (χ4v) is 3.52. The van der Waals surface area contributed by atoms with Gasteiger partial charge in [-0.05, 0) is 30.2 Å². The molecule has 0 saturated heterocycles. The summed E-state index contributed by atoms with van der Waals surface area (Å²) in [6, 6.07) is 19.2. The maximum atomic E-state index is 4.49. The second kappa shape index (κ2) is 6.25. The van der Waals surface area contributed by atoms with Crippen molar-refractivity contribution in [2.75, 3.05) is 0 Å². The van der Waals surface area contributed by atoms with Gasteiger partial charge < -0.3 is 0 Å². The summed E-state index contributed by atoms with van der Waals surface area (Å²) in [6.45, 7) is 2.05. The lowest BCUT2D eigenvalue weighted by molar-refractivity contribution is 1.18. The van der Waals surface area contributed by atoms with Crippen molar-refractivity contribution in [3.63, 3.8) is 0 Å². The zero-order valence-electron chi connectivity index (χ0n) is 11.2. The highest BCUT2D eigenvalue weighted by Crippen LogP contribution is 2.26. The van der Waals surface area contributed by atoms with Crippen molar-refractivity contribution in [1.82, 2.24) is 4.98 Å². The highest BCUT2D eigenvalue weighted by Gasteiger charge is 2.01. The molecule has 0 aliphatic carbocycles. The summed E-state index contributed by atoms with van der Waals surface area (Å²) < 4.78 is 0. The van der Waals surface area contributed by atoms with E-state index >= 15 is 0 Å². The maximum absolute atomic E-state index is 4.49. The predicted molar refractivity (Wildman–Crippen MR) is 88.3 cm³/mol. The average Bonchev–Trinajstić information content (AvgIpc) is 2.92. The molecule has 0 unspecified atom stereocenters. The van der Waals surface area contributed by atoms with Gasteiger partial charge in [0.25, 0.3) is 0 Å². The Morgan fingerprint density at radius 2 is 1.65 bits per heavy atom. The number of nitrogens with zero attached hydrogens (tertiary/aromatic N) is 1. The average molecular weight is 297 g/mol. The molecule has 0 amide bonds. The molecule has 3 heteroatoms. The number of thioether (sulfide) groups is 1. The van der Waals surface area contributed by atoms with Gasteiger partial charge in [0.1, 0.15) is 0 Å². The summed E-state index contributed by atoms with van der Waals surface area (Å²) in [5, 5.41) is 3.28. The molecule has 0 fully saturated rings. The zero-order chi connectivity index (χ0) is 13.8. The molecule has 0 bridgehead atoms. The first-order valence-electron chi connectivity index (χ1n) is 6.50. The Balaban J connectivity index is 1.67. The normalized spacial score (nSPS) is 10.7. The van der Waals surface area contributed by atoms with Crippen molar-refractivity contribution in [2.45, 2.75) is 17.6 Å². The summed E-state index contributed by atoms with van der Waals surface area (Å²) >= 11 is 3.55. The lowest BCUT2D eigenvalue weighted by Crippen LogP contribution is -1.81. The standard InChI is InChI=1S/C17H15NS2/c1-13-18-16(11-19-13)12-20-17-9-7-15(8-10-17)14-5-3-2-4-6-14/h2-11H,12H2,1H3. The number of rotatable bonds is 4. The van der Waals surface area contributed by atoms with E-state index in [1.807, 2.05) is 24.8 Å². The maximum Gasteiger partial charge on any atom is 0.0897 e. The highest BCUT2D eigenvalue weighted by atomic mass is 32.2. The van der Waals surface area contributed by atoms with Gasteiger partial charge in [0.05, 0.1) is 10.7 Å². The molecule has 2 aromatic carbocycles. The van der Waals surface area contributed by atoms with Crippen LogP contribution in [-0.4, -0.2) is 4.98 Å². The molecule has 1 aromatic heterocycles. The van der Waals surface area contributed by atoms with Crippen LogP contribution in [0.5, 0.6) is 0 Å². The third-order valence-electron chi connectivity index (χ3n) is 3.01. The lowest BCUT2D eigenvalue weighted by Gasteiger charge is -2.03. The zero-order valence-corrected chi connectivity index (χ0v) is 12.9. The van der Waals surface area contributed by atoms with Gasteiger partial charge in [-0.2, -0.15) is 0 Å². The van der Waals surface area contributed by atoms with Crippen LogP contribution >= 0.6 is 23.1 Å². The second-order valence-electron chi connectivity index (χ2n) is 4.54. The summed E-state index contributed by atoms with van der Waals surface area (Å²) in [7, 11) is 0. The fraction of sp³-hybridized carbons (Fsp3) is 0.118. The van der Waals surface area contributed by atoms with Crippen LogP contribution in [0.4, 0.5) is 0 Å². The van der Waals surface area contributed by atoms with Crippen LogP contribution in [0.3, 0.4) is 0 Å². The van der Waals surface area contributed by atoms with Crippen LogP contribution in [0.15, 0.2) is 64.9 Å². The molecule has 0 atom stereocenters. The topological polar surface area (TPSA) is 12.9 Å². The molecule has 0 spiro atoms. The van der Waals surface area contributed by atoms with Gasteiger partial charge in [0.15, 0.2) is 0 Å². The van der Waals surface area contributed by atoms with Gasteiger partial charge in [-0.15, -0.1) is 23.1 Å². The Kier molecular flexibility index (Phi) is 4.19. The molecule has 0 N–H and O–H groups in total. The number of thiazole rings is 1. The largest absolute Gasteiger partial charge is 0.246 e. The lowest BCUT2D eigenvalue weighted by atomic mass is 10.1. The van der Waals surface area contributed by atoms with E-state index in [0.29, 0.717) is 0 Å². The Morgan fingerprint density at radius 1 is 0.950 bits per heavy atom. The summed E-state index contributed by atoms with van der Waals surface area (Å²) in [4.78, 5) is 5.78. The molecule has 20 heavy (non-hydrogen) atoms. The molecule has 0 saturated carbocycles. The van der Waals surface area contributed by atoms with Crippen molar-refractivity contribution in [1.29, 1.82) is 0 Å². The van der Waals surface area contributed by atoms with Crippen LogP contribution in [0.1, 0.15) is 10.7 Å². The first kappa shape index (κ1) is 13.4. The molecule has 1 heterocycles. The van der Waals surface area contributed by atoms with E-state index in [1.54, 1.807) is 11.3 Å². The Labute approximate surface area is 127 Å². The van der Waals surface area contributed by atoms with E-state index in [9.17, 15) is 0 Å². The van der Waals surface area contributed by atoms with Crippen molar-refractivity contribution in [3.8, 4) is 11.1 Å². The van der Waals surface area contributed by atoms with E-state index in [-0.39, 0.29) is 0 Å². The van der Waals surface area contributed by atoms with Crippen molar-refractivity contribution in [2.24, 2.45) is 0 Å². The third-order valence-corrected chi connectivity index (χ3v) is 4.88. The predicted octanol–water partition coefficient (Wildman–Crippen LogP) is 5.41. The SMILES string of the molecule is Cc1nc(CSc2ccc(-c3ccccc3)cc2)cs1. The molecule has 3 rings (SSSR count). The van der Waals surface area contributed by atoms with Gasteiger partial charge >= 0.3 is 0 Å². The molecule has 3 aromatic rings. The molecule has 1 nitrogen and oxygen atoms in total. The van der Waals surface area contributed by atoms with E-state index in [2.05, 4.69) is 58.9 Å². The van der Waals surface area contributed by atoms with Crippen molar-refractivity contribution >= 4 is 23.1 Å². The van der Waals surface area contributed by atoms with E-state index < -0.39 is 0 Å². The quantitative estimate of drug-likeness (QED) is 0.597. The van der Waals surface area contributed by atoms with Crippen LogP contribution in [0, 0.1) is 6.92 Å². The highest BCUT2D eigenvalue weighted by molar-refractivity contribution is 7.98. The van der Waals surface area contributed by atoms with E-state index in [1.165, 1.54) is 21.7 Å². The summed E-state index contributed by atoms with van der Waals surface area (Å²) in [5.41, 5.74) is 3.70. The van der Waals surface area contributed by atoms with Crippen LogP contribution < -0.4 is 0 Å². The van der Waals surface area contributed by atoms with Crippen LogP contribution in [-0.2, 0) is 5.75 Å². The van der Waals surface area contributed by atoms with Gasteiger partial charge in [0, 0.05) is 16.0 Å². The minimum absolute atomic E-state index is 0.940. The number of aromatic nitrogens is 1. The number of hydrogen-bond acceptors (Lipinski definition) is 3. The third kappa shape index (κ3) is 3.30. The smallest absolute Gasteiger partial charge is 0.0897 e. The molecule has 100 valence electrons. The van der Waals surface area contributed by atoms with Crippen LogP contribution in [0.25, 0.3) is 11.1 Å². The van der Waals surface area contributed by atoms with Gasteiger partial charge in [0.2, 0.25) is 0 Å². The van der Waals surface area contributed by atoms with E-state index in [0.717, 1.165) is 10.8 Å².